The zero-order valence-electron chi connectivity index (χ0n) is 18.1. The molecule has 1 heterocycles. The van der Waals surface area contributed by atoms with Gasteiger partial charge >= 0.3 is 0 Å². The molecule has 7 heteroatoms. The highest BCUT2D eigenvalue weighted by atomic mass is 32.2. The number of nitrogens with one attached hydrogen (secondary N) is 1. The number of methoxy groups -OCH3 is 1. The van der Waals surface area contributed by atoms with E-state index in [-0.39, 0.29) is 11.2 Å². The molecular weight excluding hydrogens is 420 g/mol. The van der Waals surface area contributed by atoms with Gasteiger partial charge in [0, 0.05) is 18.3 Å². The molecule has 0 spiro atoms. The molecule has 32 heavy (non-hydrogen) atoms. The number of ether oxygens (including phenoxy) is 1. The minimum atomic E-state index is -0.368. The van der Waals surface area contributed by atoms with Gasteiger partial charge in [0.1, 0.15) is 5.75 Å². The van der Waals surface area contributed by atoms with Crippen LogP contribution in [0, 0.1) is 0 Å². The highest BCUT2D eigenvalue weighted by Crippen LogP contribution is 2.32. The molecule has 0 fully saturated rings. The van der Waals surface area contributed by atoms with E-state index in [9.17, 15) is 4.79 Å². The zero-order valence-corrected chi connectivity index (χ0v) is 19.0. The molecule has 1 amide bonds. The molecule has 4 rings (SSSR count). The minimum absolute atomic E-state index is 0.0970. The van der Waals surface area contributed by atoms with Crippen LogP contribution < -0.4 is 10.1 Å². The molecule has 0 aliphatic carbocycles. The van der Waals surface area contributed by atoms with E-state index in [1.807, 2.05) is 97.4 Å². The number of aromatic nitrogens is 3. The van der Waals surface area contributed by atoms with Gasteiger partial charge in [0.15, 0.2) is 11.0 Å². The van der Waals surface area contributed by atoms with Crippen molar-refractivity contribution in [1.29, 1.82) is 0 Å². The van der Waals surface area contributed by atoms with Crippen LogP contribution in [0.5, 0.6) is 5.75 Å². The van der Waals surface area contributed by atoms with Crippen molar-refractivity contribution in [2.75, 3.05) is 12.4 Å². The van der Waals surface area contributed by atoms with Crippen molar-refractivity contribution in [1.82, 2.24) is 14.8 Å². The third-order valence-electron chi connectivity index (χ3n) is 5.10. The van der Waals surface area contributed by atoms with Gasteiger partial charge in [-0.1, -0.05) is 72.4 Å². The quantitative estimate of drug-likeness (QED) is 0.393. The summed E-state index contributed by atoms with van der Waals surface area (Å²) in [4.78, 5) is 13.0. The summed E-state index contributed by atoms with van der Waals surface area (Å²) in [7, 11) is 3.52. The first-order valence-electron chi connectivity index (χ1n) is 10.2. The molecule has 0 saturated heterocycles. The number of anilines is 1. The Kier molecular flexibility index (Phi) is 6.56. The van der Waals surface area contributed by atoms with Crippen LogP contribution in [0.4, 0.5) is 5.69 Å². The molecule has 0 radical (unpaired) electrons. The Balaban J connectivity index is 1.51. The maximum atomic E-state index is 13.0. The Labute approximate surface area is 191 Å². The van der Waals surface area contributed by atoms with Gasteiger partial charge in [-0.15, -0.1) is 10.2 Å². The number of amides is 1. The molecule has 0 saturated carbocycles. The fourth-order valence-electron chi connectivity index (χ4n) is 3.39. The summed E-state index contributed by atoms with van der Waals surface area (Å²) in [6.07, 6.45) is 0. The van der Waals surface area contributed by atoms with Crippen molar-refractivity contribution in [3.8, 4) is 28.3 Å². The lowest BCUT2D eigenvalue weighted by Gasteiger charge is -2.15. The first-order valence-corrected chi connectivity index (χ1v) is 11.1. The van der Waals surface area contributed by atoms with Crippen molar-refractivity contribution in [2.24, 2.45) is 7.05 Å². The van der Waals surface area contributed by atoms with Crippen LogP contribution in [0.2, 0.25) is 0 Å². The molecule has 0 aliphatic rings. The fourth-order valence-corrected chi connectivity index (χ4v) is 4.20. The Morgan fingerprint density at radius 1 is 0.938 bits per heavy atom. The predicted molar refractivity (Wildman–Crippen MR) is 129 cm³/mol. The molecule has 1 atom stereocenters. The number of carbonyl (C=O) groups is 1. The van der Waals surface area contributed by atoms with E-state index < -0.39 is 0 Å². The van der Waals surface area contributed by atoms with Gasteiger partial charge in [0.2, 0.25) is 5.91 Å². The van der Waals surface area contributed by atoms with Crippen LogP contribution in [0.1, 0.15) is 6.92 Å². The van der Waals surface area contributed by atoms with Crippen LogP contribution in [-0.4, -0.2) is 33.0 Å². The van der Waals surface area contributed by atoms with Crippen molar-refractivity contribution >= 4 is 23.4 Å². The van der Waals surface area contributed by atoms with Crippen LogP contribution in [0.3, 0.4) is 0 Å². The Bertz CT molecular complexity index is 1220. The number of carbonyl (C=O) groups excluding carboxylic acids is 1. The molecule has 1 aromatic heterocycles. The van der Waals surface area contributed by atoms with Crippen molar-refractivity contribution in [2.45, 2.75) is 17.3 Å². The summed E-state index contributed by atoms with van der Waals surface area (Å²) in [6.45, 7) is 1.86. The van der Waals surface area contributed by atoms with Crippen LogP contribution >= 0.6 is 11.8 Å². The summed E-state index contributed by atoms with van der Waals surface area (Å²) in [6, 6.07) is 25.5. The summed E-state index contributed by atoms with van der Waals surface area (Å²) < 4.78 is 7.32. The average Bonchev–Trinajstić information content (AvgIpc) is 3.19. The van der Waals surface area contributed by atoms with E-state index in [1.165, 1.54) is 11.8 Å². The lowest BCUT2D eigenvalue weighted by molar-refractivity contribution is -0.115. The number of para-hydroxylation sites is 2. The topological polar surface area (TPSA) is 69.0 Å². The standard InChI is InChI=1S/C25H24N4O2S/c1-17(24(30)26-21-15-9-7-13-19(21)18-11-5-4-6-12-18)32-25-28-27-23(29(25)2)20-14-8-10-16-22(20)31-3/h4-17H,1-3H3,(H,26,30). The smallest absolute Gasteiger partial charge is 0.237 e. The van der Waals surface area contributed by atoms with Crippen molar-refractivity contribution in [3.63, 3.8) is 0 Å². The number of hydrogen-bond acceptors (Lipinski definition) is 5. The maximum Gasteiger partial charge on any atom is 0.237 e. The van der Waals surface area contributed by atoms with Gasteiger partial charge in [-0.2, -0.15) is 0 Å². The number of benzene rings is 3. The summed E-state index contributed by atoms with van der Waals surface area (Å²) in [5, 5.41) is 12.0. The molecule has 1 unspecified atom stereocenters. The maximum absolute atomic E-state index is 13.0. The molecule has 4 aromatic rings. The summed E-state index contributed by atoms with van der Waals surface area (Å²) in [5.74, 6) is 1.31. The van der Waals surface area contributed by atoms with Crippen LogP contribution in [0.25, 0.3) is 22.5 Å². The largest absolute Gasteiger partial charge is 0.496 e. The predicted octanol–water partition coefficient (Wildman–Crippen LogP) is 5.28. The van der Waals surface area contributed by atoms with E-state index in [0.29, 0.717) is 11.0 Å². The first-order chi connectivity index (χ1) is 15.6. The molecule has 1 N–H and O–H groups in total. The zero-order chi connectivity index (χ0) is 22.5. The second kappa shape index (κ2) is 9.70. The van der Waals surface area contributed by atoms with Gasteiger partial charge in [-0.05, 0) is 30.7 Å². The number of thioether (sulfide) groups is 1. The van der Waals surface area contributed by atoms with E-state index in [4.69, 9.17) is 4.74 Å². The molecule has 162 valence electrons. The van der Waals surface area contributed by atoms with E-state index in [1.54, 1.807) is 7.11 Å². The molecule has 0 aliphatic heterocycles. The SMILES string of the molecule is COc1ccccc1-c1nnc(SC(C)C(=O)Nc2ccccc2-c2ccccc2)n1C. The third kappa shape index (κ3) is 4.53. The van der Waals surface area contributed by atoms with Gasteiger partial charge in [0.05, 0.1) is 17.9 Å². The highest BCUT2D eigenvalue weighted by molar-refractivity contribution is 8.00. The molecular formula is C25H24N4O2S. The third-order valence-corrected chi connectivity index (χ3v) is 6.24. The van der Waals surface area contributed by atoms with E-state index in [0.717, 1.165) is 28.1 Å². The molecule has 3 aromatic carbocycles. The fraction of sp³-hybridized carbons (Fsp3) is 0.160. The minimum Gasteiger partial charge on any atom is -0.496 e. The van der Waals surface area contributed by atoms with E-state index >= 15 is 0 Å². The van der Waals surface area contributed by atoms with Crippen molar-refractivity contribution in [3.05, 3.63) is 78.9 Å². The summed E-state index contributed by atoms with van der Waals surface area (Å²) >= 11 is 1.36. The molecule has 0 bridgehead atoms. The summed E-state index contributed by atoms with van der Waals surface area (Å²) in [5.41, 5.74) is 3.67. The lowest BCUT2D eigenvalue weighted by Crippen LogP contribution is -2.23. The highest BCUT2D eigenvalue weighted by Gasteiger charge is 2.21. The lowest BCUT2D eigenvalue weighted by atomic mass is 10.0. The Morgan fingerprint density at radius 3 is 2.34 bits per heavy atom. The number of rotatable bonds is 7. The second-order valence-corrected chi connectivity index (χ2v) is 8.53. The van der Waals surface area contributed by atoms with Crippen LogP contribution in [0.15, 0.2) is 84.0 Å². The normalized spacial score (nSPS) is 11.7. The van der Waals surface area contributed by atoms with Gasteiger partial charge < -0.3 is 14.6 Å². The average molecular weight is 445 g/mol. The van der Waals surface area contributed by atoms with E-state index in [2.05, 4.69) is 15.5 Å². The number of nitrogens with zero attached hydrogens (tertiary/aromatic N) is 3. The monoisotopic (exact) mass is 444 g/mol. The first kappa shape index (κ1) is 21.6. The number of hydrogen-bond donors (Lipinski definition) is 1. The second-order valence-electron chi connectivity index (χ2n) is 7.23. The Hall–Kier alpha value is -3.58. The molecule has 6 nitrogen and oxygen atoms in total. The Morgan fingerprint density at radius 2 is 1.59 bits per heavy atom. The van der Waals surface area contributed by atoms with Crippen LogP contribution in [-0.2, 0) is 11.8 Å². The van der Waals surface area contributed by atoms with Gasteiger partial charge in [-0.25, -0.2) is 0 Å². The van der Waals surface area contributed by atoms with Gasteiger partial charge in [-0.3, -0.25) is 4.79 Å². The van der Waals surface area contributed by atoms with Gasteiger partial charge in [0.25, 0.3) is 0 Å². The van der Waals surface area contributed by atoms with Crippen molar-refractivity contribution < 1.29 is 9.53 Å².